The van der Waals surface area contributed by atoms with E-state index in [1.807, 2.05) is 31.2 Å². The molecule has 31 heavy (non-hydrogen) atoms. The van der Waals surface area contributed by atoms with Gasteiger partial charge in [-0.05, 0) is 43.7 Å². The van der Waals surface area contributed by atoms with Crippen molar-refractivity contribution in [1.29, 1.82) is 0 Å². The molecular formula is C24H29N3O4. The maximum atomic E-state index is 12.6. The van der Waals surface area contributed by atoms with Crippen LogP contribution >= 0.6 is 0 Å². The largest absolute Gasteiger partial charge is 0.479 e. The summed E-state index contributed by atoms with van der Waals surface area (Å²) in [6, 6.07) is 15.6. The second-order valence-corrected chi connectivity index (χ2v) is 7.95. The predicted molar refractivity (Wildman–Crippen MR) is 120 cm³/mol. The summed E-state index contributed by atoms with van der Waals surface area (Å²) in [5, 5.41) is 3.04. The smallest absolute Gasteiger partial charge is 0.267 e. The molecule has 2 amide bonds. The van der Waals surface area contributed by atoms with Gasteiger partial charge in [-0.1, -0.05) is 24.3 Å². The lowest BCUT2D eigenvalue weighted by molar-refractivity contribution is -0.125. The van der Waals surface area contributed by atoms with Crippen LogP contribution in [0.4, 0.5) is 11.4 Å². The number of rotatable bonds is 6. The molecule has 7 heteroatoms. The molecule has 2 unspecified atom stereocenters. The van der Waals surface area contributed by atoms with Crippen LogP contribution in [0.1, 0.15) is 31.9 Å². The number of carbonyl (C=O) groups excluding carboxylic acids is 2. The summed E-state index contributed by atoms with van der Waals surface area (Å²) in [5.41, 5.74) is 2.93. The number of fused-ring (bicyclic) bond motifs is 1. The minimum atomic E-state index is -0.554. The van der Waals surface area contributed by atoms with Crippen molar-refractivity contribution in [2.75, 3.05) is 42.6 Å². The SMILES string of the molecule is CC1Oc2ccccc2N(CCC(=O)NC(C)c2ccc(N3CCOCC3)cc2)C1=O. The topological polar surface area (TPSA) is 71.1 Å². The summed E-state index contributed by atoms with van der Waals surface area (Å²) in [7, 11) is 0. The van der Waals surface area contributed by atoms with Crippen molar-refractivity contribution in [2.45, 2.75) is 32.4 Å². The van der Waals surface area contributed by atoms with Crippen molar-refractivity contribution in [3.05, 3.63) is 54.1 Å². The minimum Gasteiger partial charge on any atom is -0.479 e. The van der Waals surface area contributed by atoms with Gasteiger partial charge in [-0.25, -0.2) is 0 Å². The number of benzene rings is 2. The lowest BCUT2D eigenvalue weighted by Gasteiger charge is -2.33. The quantitative estimate of drug-likeness (QED) is 0.774. The molecule has 0 spiro atoms. The first-order valence-electron chi connectivity index (χ1n) is 10.8. The Bertz CT molecular complexity index is 925. The Kier molecular flexibility index (Phi) is 6.42. The Labute approximate surface area is 182 Å². The highest BCUT2D eigenvalue weighted by Crippen LogP contribution is 2.33. The number of para-hydroxylation sites is 2. The first-order valence-corrected chi connectivity index (χ1v) is 10.8. The van der Waals surface area contributed by atoms with Gasteiger partial charge in [-0.2, -0.15) is 0 Å². The Morgan fingerprint density at radius 2 is 1.84 bits per heavy atom. The molecule has 164 valence electrons. The fourth-order valence-electron chi connectivity index (χ4n) is 4.00. The van der Waals surface area contributed by atoms with E-state index in [-0.39, 0.29) is 24.3 Å². The van der Waals surface area contributed by atoms with Crippen LogP contribution in [0.3, 0.4) is 0 Å². The minimum absolute atomic E-state index is 0.0887. The first-order chi connectivity index (χ1) is 15.0. The highest BCUT2D eigenvalue weighted by Gasteiger charge is 2.31. The van der Waals surface area contributed by atoms with Crippen LogP contribution in [0.15, 0.2) is 48.5 Å². The monoisotopic (exact) mass is 423 g/mol. The molecule has 0 bridgehead atoms. The van der Waals surface area contributed by atoms with Crippen LogP contribution in [0, 0.1) is 0 Å². The van der Waals surface area contributed by atoms with Gasteiger partial charge in [-0.3, -0.25) is 9.59 Å². The van der Waals surface area contributed by atoms with E-state index in [1.165, 1.54) is 5.69 Å². The van der Waals surface area contributed by atoms with Crippen molar-refractivity contribution >= 4 is 23.2 Å². The Balaban J connectivity index is 1.33. The maximum absolute atomic E-state index is 12.6. The average molecular weight is 424 g/mol. The Hall–Kier alpha value is -3.06. The van der Waals surface area contributed by atoms with E-state index in [1.54, 1.807) is 11.8 Å². The normalized spacial score (nSPS) is 19.4. The number of morpholine rings is 1. The van der Waals surface area contributed by atoms with Crippen LogP contribution in [-0.2, 0) is 14.3 Å². The molecule has 1 fully saturated rings. The van der Waals surface area contributed by atoms with Gasteiger partial charge in [0.1, 0.15) is 5.75 Å². The molecule has 2 aromatic carbocycles. The van der Waals surface area contributed by atoms with Gasteiger partial charge in [0.2, 0.25) is 5.91 Å². The lowest BCUT2D eigenvalue weighted by atomic mass is 10.1. The molecule has 0 radical (unpaired) electrons. The average Bonchev–Trinajstić information content (AvgIpc) is 2.80. The van der Waals surface area contributed by atoms with Gasteiger partial charge in [0.15, 0.2) is 6.10 Å². The highest BCUT2D eigenvalue weighted by molar-refractivity contribution is 6.00. The molecule has 2 atom stereocenters. The number of hydrogen-bond acceptors (Lipinski definition) is 5. The van der Waals surface area contributed by atoms with Gasteiger partial charge < -0.3 is 24.6 Å². The van der Waals surface area contributed by atoms with Gasteiger partial charge in [0.25, 0.3) is 5.91 Å². The van der Waals surface area contributed by atoms with E-state index in [0.717, 1.165) is 31.9 Å². The number of carbonyl (C=O) groups is 2. The van der Waals surface area contributed by atoms with E-state index >= 15 is 0 Å². The molecule has 0 saturated carbocycles. The fraction of sp³-hybridized carbons (Fsp3) is 0.417. The number of amides is 2. The number of nitrogens with zero attached hydrogens (tertiary/aromatic N) is 2. The van der Waals surface area contributed by atoms with Gasteiger partial charge in [0.05, 0.1) is 24.9 Å². The van der Waals surface area contributed by atoms with Gasteiger partial charge in [-0.15, -0.1) is 0 Å². The number of anilines is 2. The van der Waals surface area contributed by atoms with Gasteiger partial charge in [0, 0.05) is 31.7 Å². The van der Waals surface area contributed by atoms with E-state index in [9.17, 15) is 9.59 Å². The molecule has 7 nitrogen and oxygen atoms in total. The summed E-state index contributed by atoms with van der Waals surface area (Å²) in [5.74, 6) is 0.455. The van der Waals surface area contributed by atoms with E-state index in [4.69, 9.17) is 9.47 Å². The molecular weight excluding hydrogens is 394 g/mol. The van der Waals surface area contributed by atoms with Crippen molar-refractivity contribution in [2.24, 2.45) is 0 Å². The second kappa shape index (κ2) is 9.39. The van der Waals surface area contributed by atoms with E-state index in [0.29, 0.717) is 18.0 Å². The van der Waals surface area contributed by atoms with Crippen LogP contribution < -0.4 is 19.9 Å². The maximum Gasteiger partial charge on any atom is 0.267 e. The molecule has 4 rings (SSSR count). The summed E-state index contributed by atoms with van der Waals surface area (Å²) in [6.07, 6.45) is -0.329. The third-order valence-corrected chi connectivity index (χ3v) is 5.78. The molecule has 2 aliphatic rings. The number of ether oxygens (including phenoxy) is 2. The van der Waals surface area contributed by atoms with Crippen LogP contribution in [-0.4, -0.2) is 50.8 Å². The number of hydrogen-bond donors (Lipinski definition) is 1. The standard InChI is InChI=1S/C24H29N3O4/c1-17(19-7-9-20(10-8-19)26-13-15-30-16-14-26)25-23(28)11-12-27-21-5-3-4-6-22(21)31-18(2)24(27)29/h3-10,17-18H,11-16H2,1-2H3,(H,25,28). The molecule has 1 saturated heterocycles. The summed E-state index contributed by atoms with van der Waals surface area (Å²) < 4.78 is 11.1. The number of nitrogens with one attached hydrogen (secondary N) is 1. The molecule has 2 heterocycles. The highest BCUT2D eigenvalue weighted by atomic mass is 16.5. The second-order valence-electron chi connectivity index (χ2n) is 7.95. The Morgan fingerprint density at radius 3 is 2.58 bits per heavy atom. The van der Waals surface area contributed by atoms with Crippen molar-refractivity contribution in [3.8, 4) is 5.75 Å². The summed E-state index contributed by atoms with van der Waals surface area (Å²) >= 11 is 0. The van der Waals surface area contributed by atoms with Crippen molar-refractivity contribution in [3.63, 3.8) is 0 Å². The molecule has 0 aliphatic carbocycles. The third-order valence-electron chi connectivity index (χ3n) is 5.78. The third kappa shape index (κ3) is 4.82. The molecule has 1 N–H and O–H groups in total. The molecule has 0 aromatic heterocycles. The van der Waals surface area contributed by atoms with Crippen molar-refractivity contribution in [1.82, 2.24) is 5.32 Å². The Morgan fingerprint density at radius 1 is 1.13 bits per heavy atom. The first kappa shape index (κ1) is 21.2. The molecule has 2 aliphatic heterocycles. The summed E-state index contributed by atoms with van der Waals surface area (Å²) in [6.45, 7) is 7.32. The van der Waals surface area contributed by atoms with E-state index in [2.05, 4.69) is 34.5 Å². The predicted octanol–water partition coefficient (Wildman–Crippen LogP) is 2.90. The fourth-order valence-corrected chi connectivity index (χ4v) is 4.00. The van der Waals surface area contributed by atoms with E-state index < -0.39 is 6.10 Å². The summed E-state index contributed by atoms with van der Waals surface area (Å²) in [4.78, 5) is 29.1. The zero-order valence-electron chi connectivity index (χ0n) is 18.0. The van der Waals surface area contributed by atoms with Crippen LogP contribution in [0.5, 0.6) is 5.75 Å². The molecule has 2 aromatic rings. The van der Waals surface area contributed by atoms with Gasteiger partial charge >= 0.3 is 0 Å². The van der Waals surface area contributed by atoms with Crippen LogP contribution in [0.2, 0.25) is 0 Å². The lowest BCUT2D eigenvalue weighted by Crippen LogP contribution is -2.45. The van der Waals surface area contributed by atoms with Crippen LogP contribution in [0.25, 0.3) is 0 Å². The zero-order chi connectivity index (χ0) is 21.8. The van der Waals surface area contributed by atoms with Crippen molar-refractivity contribution < 1.29 is 19.1 Å². The zero-order valence-corrected chi connectivity index (χ0v) is 18.0.